The van der Waals surface area contributed by atoms with Crippen LogP contribution in [0.4, 0.5) is 0 Å². The molecule has 4 heteroatoms. The Bertz CT molecular complexity index is 666. The van der Waals surface area contributed by atoms with Crippen molar-refractivity contribution < 1.29 is 4.74 Å². The van der Waals surface area contributed by atoms with Gasteiger partial charge < -0.3 is 10.1 Å². The van der Waals surface area contributed by atoms with Crippen LogP contribution in [0.2, 0.25) is 0 Å². The van der Waals surface area contributed by atoms with Crippen LogP contribution < -0.4 is 10.1 Å². The summed E-state index contributed by atoms with van der Waals surface area (Å²) < 4.78 is 5.37. The van der Waals surface area contributed by atoms with E-state index < -0.39 is 0 Å². The van der Waals surface area contributed by atoms with Gasteiger partial charge in [-0.3, -0.25) is 0 Å². The Balaban J connectivity index is 2.58. The smallest absolute Gasteiger partial charge is 0.120 e. The molecule has 0 unspecified atom stereocenters. The predicted molar refractivity (Wildman–Crippen MR) is 83.6 cm³/mol. The average Bonchev–Trinajstić information content (AvgIpc) is 3.02. The number of hydrogen-bond donors (Lipinski definition) is 1. The van der Waals surface area contributed by atoms with E-state index in [4.69, 9.17) is 10.00 Å². The standard InChI is InChI=1S/C16H16N2OS/c1-11(16(9-17)18-2)13-6-14(8-15(7-13)19-3)12-4-5-20-10-12/h4-8,10,18H,1-3H3/b16-11+. The summed E-state index contributed by atoms with van der Waals surface area (Å²) in [5, 5.41) is 16.2. The summed E-state index contributed by atoms with van der Waals surface area (Å²) >= 11 is 1.66. The van der Waals surface area contributed by atoms with Crippen LogP contribution in [0.5, 0.6) is 5.75 Å². The molecule has 102 valence electrons. The van der Waals surface area contributed by atoms with Crippen LogP contribution in [0.15, 0.2) is 40.7 Å². The number of nitrogens with zero attached hydrogens (tertiary/aromatic N) is 1. The van der Waals surface area contributed by atoms with Crippen molar-refractivity contribution in [2.45, 2.75) is 6.92 Å². The fourth-order valence-electron chi connectivity index (χ4n) is 2.00. The SMILES string of the molecule is CN/C(C#N)=C(\C)c1cc(OC)cc(-c2ccsc2)c1. The minimum atomic E-state index is 0.564. The number of nitriles is 1. The molecule has 0 radical (unpaired) electrons. The van der Waals surface area contributed by atoms with Gasteiger partial charge in [0.05, 0.1) is 7.11 Å². The molecule has 1 aromatic heterocycles. The molecule has 1 aromatic carbocycles. The highest BCUT2D eigenvalue weighted by molar-refractivity contribution is 7.08. The molecule has 0 saturated carbocycles. The Morgan fingerprint density at radius 2 is 2.10 bits per heavy atom. The van der Waals surface area contributed by atoms with Crippen molar-refractivity contribution in [1.29, 1.82) is 5.26 Å². The highest BCUT2D eigenvalue weighted by atomic mass is 32.1. The van der Waals surface area contributed by atoms with Gasteiger partial charge in [0.25, 0.3) is 0 Å². The molecular formula is C16H16N2OS. The maximum absolute atomic E-state index is 9.14. The lowest BCUT2D eigenvalue weighted by Gasteiger charge is -2.10. The normalized spacial score (nSPS) is 11.5. The number of allylic oxidation sites excluding steroid dienone is 2. The second kappa shape index (κ2) is 6.27. The number of hydrogen-bond acceptors (Lipinski definition) is 4. The van der Waals surface area contributed by atoms with Gasteiger partial charge in [-0.1, -0.05) is 0 Å². The van der Waals surface area contributed by atoms with Crippen LogP contribution in [0.3, 0.4) is 0 Å². The van der Waals surface area contributed by atoms with Crippen LogP contribution in [-0.2, 0) is 0 Å². The highest BCUT2D eigenvalue weighted by Gasteiger charge is 2.08. The van der Waals surface area contributed by atoms with Crippen molar-refractivity contribution in [3.63, 3.8) is 0 Å². The van der Waals surface area contributed by atoms with Crippen molar-refractivity contribution in [2.75, 3.05) is 14.2 Å². The predicted octanol–water partition coefficient (Wildman–Crippen LogP) is 3.90. The number of nitrogens with one attached hydrogen (secondary N) is 1. The molecule has 0 amide bonds. The maximum atomic E-state index is 9.14. The van der Waals surface area contributed by atoms with Gasteiger partial charge in [0.15, 0.2) is 0 Å². The van der Waals surface area contributed by atoms with Crippen molar-refractivity contribution in [3.05, 3.63) is 46.3 Å². The zero-order chi connectivity index (χ0) is 14.5. The Hall–Kier alpha value is -2.25. The van der Waals surface area contributed by atoms with Gasteiger partial charge in [-0.15, -0.1) is 0 Å². The molecular weight excluding hydrogens is 268 g/mol. The first kappa shape index (κ1) is 14.2. The van der Waals surface area contributed by atoms with Crippen molar-refractivity contribution in [1.82, 2.24) is 5.32 Å². The third-order valence-corrected chi connectivity index (χ3v) is 3.85. The van der Waals surface area contributed by atoms with E-state index in [1.807, 2.05) is 24.4 Å². The van der Waals surface area contributed by atoms with E-state index in [1.54, 1.807) is 25.5 Å². The third kappa shape index (κ3) is 2.84. The molecule has 0 spiro atoms. The van der Waals surface area contributed by atoms with Gasteiger partial charge in [0, 0.05) is 7.05 Å². The lowest BCUT2D eigenvalue weighted by atomic mass is 9.99. The van der Waals surface area contributed by atoms with Gasteiger partial charge >= 0.3 is 0 Å². The quantitative estimate of drug-likeness (QED) is 0.866. The van der Waals surface area contributed by atoms with Crippen LogP contribution in [0.1, 0.15) is 12.5 Å². The molecule has 2 rings (SSSR count). The first-order valence-corrected chi connectivity index (χ1v) is 7.14. The zero-order valence-electron chi connectivity index (χ0n) is 11.7. The summed E-state index contributed by atoms with van der Waals surface area (Å²) in [5.41, 5.74) is 4.70. The molecule has 3 nitrogen and oxygen atoms in total. The summed E-state index contributed by atoms with van der Waals surface area (Å²) in [6, 6.07) is 10.3. The number of benzene rings is 1. The fourth-order valence-corrected chi connectivity index (χ4v) is 2.67. The second-order valence-corrected chi connectivity index (χ2v) is 5.10. The van der Waals surface area contributed by atoms with Crippen LogP contribution in [0.25, 0.3) is 16.7 Å². The van der Waals surface area contributed by atoms with Gasteiger partial charge in [-0.25, -0.2) is 0 Å². The molecule has 20 heavy (non-hydrogen) atoms. The van der Waals surface area contributed by atoms with E-state index in [-0.39, 0.29) is 0 Å². The molecule has 0 aliphatic rings. The number of rotatable bonds is 4. The molecule has 0 fully saturated rings. The highest BCUT2D eigenvalue weighted by Crippen LogP contribution is 2.30. The molecule has 0 aliphatic carbocycles. The van der Waals surface area contributed by atoms with Crippen molar-refractivity contribution in [2.24, 2.45) is 0 Å². The van der Waals surface area contributed by atoms with Gasteiger partial charge in [-0.05, 0) is 64.2 Å². The van der Waals surface area contributed by atoms with E-state index in [1.165, 1.54) is 0 Å². The summed E-state index contributed by atoms with van der Waals surface area (Å²) in [6.07, 6.45) is 0. The zero-order valence-corrected chi connectivity index (χ0v) is 12.5. The minimum Gasteiger partial charge on any atom is -0.497 e. The largest absolute Gasteiger partial charge is 0.497 e. The van der Waals surface area contributed by atoms with Crippen LogP contribution in [0, 0.1) is 11.3 Å². The maximum Gasteiger partial charge on any atom is 0.120 e. The number of methoxy groups -OCH3 is 1. The fraction of sp³-hybridized carbons (Fsp3) is 0.188. The summed E-state index contributed by atoms with van der Waals surface area (Å²) in [5.74, 6) is 0.788. The van der Waals surface area contributed by atoms with Crippen LogP contribution in [-0.4, -0.2) is 14.2 Å². The van der Waals surface area contributed by atoms with Crippen molar-refractivity contribution in [3.8, 4) is 22.9 Å². The minimum absolute atomic E-state index is 0.564. The molecule has 0 saturated heterocycles. The lowest BCUT2D eigenvalue weighted by Crippen LogP contribution is -2.05. The van der Waals surface area contributed by atoms with Gasteiger partial charge in [0.2, 0.25) is 0 Å². The number of ether oxygens (including phenoxy) is 1. The second-order valence-electron chi connectivity index (χ2n) is 4.32. The van der Waals surface area contributed by atoms with E-state index >= 15 is 0 Å². The number of thiophene rings is 1. The van der Waals surface area contributed by atoms with Gasteiger partial charge in [0.1, 0.15) is 17.5 Å². The van der Waals surface area contributed by atoms with Crippen molar-refractivity contribution >= 4 is 16.9 Å². The summed E-state index contributed by atoms with van der Waals surface area (Å²) in [6.45, 7) is 1.93. The molecule has 0 aliphatic heterocycles. The summed E-state index contributed by atoms with van der Waals surface area (Å²) in [4.78, 5) is 0. The Labute approximate surface area is 123 Å². The van der Waals surface area contributed by atoms with Gasteiger partial charge in [-0.2, -0.15) is 16.6 Å². The first-order chi connectivity index (χ1) is 9.69. The Morgan fingerprint density at radius 3 is 2.65 bits per heavy atom. The average molecular weight is 284 g/mol. The topological polar surface area (TPSA) is 45.0 Å². The molecule has 1 N–H and O–H groups in total. The van der Waals surface area contributed by atoms with E-state index in [0.29, 0.717) is 5.70 Å². The molecule has 0 atom stereocenters. The van der Waals surface area contributed by atoms with E-state index in [2.05, 4.69) is 28.9 Å². The monoisotopic (exact) mass is 284 g/mol. The lowest BCUT2D eigenvalue weighted by molar-refractivity contribution is 0.415. The van der Waals surface area contributed by atoms with E-state index in [0.717, 1.165) is 28.0 Å². The Kier molecular flexibility index (Phi) is 4.44. The molecule has 1 heterocycles. The molecule has 2 aromatic rings. The van der Waals surface area contributed by atoms with Crippen LogP contribution >= 0.6 is 11.3 Å². The third-order valence-electron chi connectivity index (χ3n) is 3.17. The first-order valence-electron chi connectivity index (χ1n) is 6.20. The van der Waals surface area contributed by atoms with E-state index in [9.17, 15) is 0 Å². The molecule has 0 bridgehead atoms. The Morgan fingerprint density at radius 1 is 1.30 bits per heavy atom. The summed E-state index contributed by atoms with van der Waals surface area (Å²) in [7, 11) is 3.40.